The molecule has 2 heterocycles. The molecule has 1 N–H and O–H groups in total. The van der Waals surface area contributed by atoms with E-state index < -0.39 is 0 Å². The first-order valence-electron chi connectivity index (χ1n) is 10.7. The highest BCUT2D eigenvalue weighted by Crippen LogP contribution is 2.34. The Morgan fingerprint density at radius 2 is 2.03 bits per heavy atom. The van der Waals surface area contributed by atoms with Gasteiger partial charge in [-0.05, 0) is 68.0 Å². The Bertz CT molecular complexity index is 886. The molecule has 3 rings (SSSR count). The van der Waals surface area contributed by atoms with Crippen molar-refractivity contribution in [2.45, 2.75) is 45.7 Å². The SMILES string of the molecule is CCNC(=O)N(CC(=O)N1CCc2sccc2C1COc1ccc(Cl)cc1)C(C)CC. The maximum atomic E-state index is 13.4. The van der Waals surface area contributed by atoms with E-state index in [9.17, 15) is 9.59 Å². The zero-order chi connectivity index (χ0) is 22.4. The number of thiophene rings is 1. The minimum atomic E-state index is -0.201. The monoisotopic (exact) mass is 463 g/mol. The second-order valence-electron chi connectivity index (χ2n) is 7.64. The van der Waals surface area contributed by atoms with Gasteiger partial charge in [-0.3, -0.25) is 4.79 Å². The number of carbonyl (C=O) groups is 2. The van der Waals surface area contributed by atoms with E-state index in [4.69, 9.17) is 16.3 Å². The van der Waals surface area contributed by atoms with Crippen LogP contribution in [0.25, 0.3) is 0 Å². The van der Waals surface area contributed by atoms with Gasteiger partial charge in [0.15, 0.2) is 0 Å². The number of halogens is 1. The number of rotatable bonds is 8. The third kappa shape index (κ3) is 5.71. The molecular weight excluding hydrogens is 434 g/mol. The number of nitrogens with one attached hydrogen (secondary N) is 1. The highest BCUT2D eigenvalue weighted by atomic mass is 35.5. The molecule has 2 aromatic rings. The van der Waals surface area contributed by atoms with Gasteiger partial charge in [-0.25, -0.2) is 4.79 Å². The second-order valence-corrected chi connectivity index (χ2v) is 9.07. The third-order valence-electron chi connectivity index (χ3n) is 5.65. The molecule has 1 aliphatic rings. The summed E-state index contributed by atoms with van der Waals surface area (Å²) in [7, 11) is 0. The fraction of sp³-hybridized carbons (Fsp3) is 0.478. The third-order valence-corrected chi connectivity index (χ3v) is 6.90. The summed E-state index contributed by atoms with van der Waals surface area (Å²) in [5, 5.41) is 5.54. The van der Waals surface area contributed by atoms with Crippen molar-refractivity contribution in [3.8, 4) is 5.75 Å². The van der Waals surface area contributed by atoms with Gasteiger partial charge in [-0.15, -0.1) is 11.3 Å². The Kier molecular flexibility index (Phi) is 8.21. The van der Waals surface area contributed by atoms with Crippen LogP contribution in [-0.2, 0) is 11.2 Å². The Labute approximate surface area is 193 Å². The number of fused-ring (bicyclic) bond motifs is 1. The van der Waals surface area contributed by atoms with Crippen LogP contribution in [0.3, 0.4) is 0 Å². The molecular formula is C23H30ClN3O3S. The van der Waals surface area contributed by atoms with Gasteiger partial charge in [0.2, 0.25) is 5.91 Å². The van der Waals surface area contributed by atoms with E-state index in [-0.39, 0.29) is 30.6 Å². The first-order valence-corrected chi connectivity index (χ1v) is 12.0. The molecule has 0 aliphatic carbocycles. The van der Waals surface area contributed by atoms with Crippen molar-refractivity contribution in [3.05, 3.63) is 51.2 Å². The molecule has 0 fully saturated rings. The Hall–Kier alpha value is -2.25. The van der Waals surface area contributed by atoms with E-state index in [1.807, 2.05) is 37.8 Å². The normalized spacial score (nSPS) is 16.4. The van der Waals surface area contributed by atoms with Crippen molar-refractivity contribution in [2.24, 2.45) is 0 Å². The molecule has 0 radical (unpaired) electrons. The van der Waals surface area contributed by atoms with E-state index in [0.717, 1.165) is 18.4 Å². The highest BCUT2D eigenvalue weighted by molar-refractivity contribution is 7.10. The molecule has 1 aromatic carbocycles. The molecule has 1 aromatic heterocycles. The molecule has 8 heteroatoms. The van der Waals surface area contributed by atoms with Crippen molar-refractivity contribution in [1.82, 2.24) is 15.1 Å². The molecule has 2 unspecified atom stereocenters. The van der Waals surface area contributed by atoms with Gasteiger partial charge in [0, 0.05) is 29.0 Å². The molecule has 6 nitrogen and oxygen atoms in total. The molecule has 3 amide bonds. The lowest BCUT2D eigenvalue weighted by Gasteiger charge is -2.38. The van der Waals surface area contributed by atoms with Crippen LogP contribution < -0.4 is 10.1 Å². The summed E-state index contributed by atoms with van der Waals surface area (Å²) in [6.45, 7) is 7.41. The second kappa shape index (κ2) is 10.9. The van der Waals surface area contributed by atoms with E-state index in [1.54, 1.807) is 28.4 Å². The van der Waals surface area contributed by atoms with Gasteiger partial charge >= 0.3 is 6.03 Å². The lowest BCUT2D eigenvalue weighted by molar-refractivity contribution is -0.135. The average Bonchev–Trinajstić information content (AvgIpc) is 3.25. The predicted molar refractivity (Wildman–Crippen MR) is 125 cm³/mol. The fourth-order valence-corrected chi connectivity index (χ4v) is 4.77. The summed E-state index contributed by atoms with van der Waals surface area (Å²) < 4.78 is 6.03. The molecule has 0 saturated carbocycles. The number of ether oxygens (including phenoxy) is 1. The zero-order valence-electron chi connectivity index (χ0n) is 18.3. The Balaban J connectivity index is 1.77. The van der Waals surface area contributed by atoms with Gasteiger partial charge in [-0.2, -0.15) is 0 Å². The number of carbonyl (C=O) groups excluding carboxylic acids is 2. The van der Waals surface area contributed by atoms with Crippen LogP contribution in [0, 0.1) is 0 Å². The molecule has 2 atom stereocenters. The Morgan fingerprint density at radius 1 is 1.29 bits per heavy atom. The van der Waals surface area contributed by atoms with Crippen LogP contribution in [0.1, 0.15) is 43.7 Å². The maximum absolute atomic E-state index is 13.4. The highest BCUT2D eigenvalue weighted by Gasteiger charge is 2.34. The number of benzene rings is 1. The van der Waals surface area contributed by atoms with Crippen LogP contribution in [0.4, 0.5) is 4.79 Å². The summed E-state index contributed by atoms with van der Waals surface area (Å²) in [5.74, 6) is 0.649. The summed E-state index contributed by atoms with van der Waals surface area (Å²) in [6.07, 6.45) is 1.60. The van der Waals surface area contributed by atoms with E-state index in [0.29, 0.717) is 30.5 Å². The molecule has 0 bridgehead atoms. The number of hydrogen-bond donors (Lipinski definition) is 1. The van der Waals surface area contributed by atoms with Gasteiger partial charge in [-0.1, -0.05) is 18.5 Å². The van der Waals surface area contributed by atoms with Gasteiger partial charge in [0.1, 0.15) is 18.9 Å². The predicted octanol–water partition coefficient (Wildman–Crippen LogP) is 4.74. The van der Waals surface area contributed by atoms with Crippen LogP contribution >= 0.6 is 22.9 Å². The smallest absolute Gasteiger partial charge is 0.318 e. The van der Waals surface area contributed by atoms with Crippen molar-refractivity contribution in [2.75, 3.05) is 26.2 Å². The van der Waals surface area contributed by atoms with Crippen molar-refractivity contribution >= 4 is 34.9 Å². The zero-order valence-corrected chi connectivity index (χ0v) is 19.8. The van der Waals surface area contributed by atoms with Gasteiger partial charge in [0.05, 0.1) is 6.04 Å². The summed E-state index contributed by atoms with van der Waals surface area (Å²) in [4.78, 5) is 30.7. The topological polar surface area (TPSA) is 61.9 Å². The largest absolute Gasteiger partial charge is 0.491 e. The minimum absolute atomic E-state index is 0.0271. The minimum Gasteiger partial charge on any atom is -0.491 e. The van der Waals surface area contributed by atoms with Gasteiger partial charge in [0.25, 0.3) is 0 Å². The Morgan fingerprint density at radius 3 is 2.71 bits per heavy atom. The van der Waals surface area contributed by atoms with Crippen LogP contribution in [-0.4, -0.2) is 54.0 Å². The molecule has 31 heavy (non-hydrogen) atoms. The maximum Gasteiger partial charge on any atom is 0.318 e. The lowest BCUT2D eigenvalue weighted by atomic mass is 10.00. The number of nitrogens with zero attached hydrogens (tertiary/aromatic N) is 2. The molecule has 168 valence electrons. The number of urea groups is 1. The lowest BCUT2D eigenvalue weighted by Crippen LogP contribution is -2.52. The molecule has 0 saturated heterocycles. The van der Waals surface area contributed by atoms with Crippen molar-refractivity contribution < 1.29 is 14.3 Å². The fourth-order valence-electron chi connectivity index (χ4n) is 3.72. The summed E-state index contributed by atoms with van der Waals surface area (Å²) >= 11 is 7.68. The summed E-state index contributed by atoms with van der Waals surface area (Å²) in [5.41, 5.74) is 1.13. The van der Waals surface area contributed by atoms with E-state index in [1.165, 1.54) is 4.88 Å². The van der Waals surface area contributed by atoms with Crippen molar-refractivity contribution in [1.29, 1.82) is 0 Å². The quantitative estimate of drug-likeness (QED) is 0.615. The van der Waals surface area contributed by atoms with Crippen molar-refractivity contribution in [3.63, 3.8) is 0 Å². The first-order chi connectivity index (χ1) is 14.9. The molecule has 0 spiro atoms. The number of amides is 3. The van der Waals surface area contributed by atoms with Gasteiger partial charge < -0.3 is 19.9 Å². The number of hydrogen-bond acceptors (Lipinski definition) is 4. The summed E-state index contributed by atoms with van der Waals surface area (Å²) in [6, 6.07) is 8.88. The first kappa shape index (κ1) is 23.4. The van der Waals surface area contributed by atoms with Crippen LogP contribution in [0.5, 0.6) is 5.75 Å². The van der Waals surface area contributed by atoms with E-state index in [2.05, 4.69) is 16.8 Å². The van der Waals surface area contributed by atoms with Crippen LogP contribution in [0.2, 0.25) is 5.02 Å². The standard InChI is InChI=1S/C23H30ClN3O3S/c1-4-16(3)27(23(29)25-5-2)14-22(28)26-12-10-21-19(11-13-31-21)20(26)15-30-18-8-6-17(24)7-9-18/h6-9,11,13,16,20H,4-5,10,12,14-15H2,1-3H3,(H,25,29). The van der Waals surface area contributed by atoms with E-state index >= 15 is 0 Å². The molecule has 1 aliphatic heterocycles. The van der Waals surface area contributed by atoms with Crippen LogP contribution in [0.15, 0.2) is 35.7 Å². The average molecular weight is 464 g/mol.